The fraction of sp³-hybridized carbons (Fsp3) is 0.857. The van der Waals surface area contributed by atoms with Crippen molar-refractivity contribution in [2.45, 2.75) is 58.7 Å². The maximum absolute atomic E-state index is 12.1. The van der Waals surface area contributed by atoms with Gasteiger partial charge in [0.15, 0.2) is 5.78 Å². The van der Waals surface area contributed by atoms with E-state index in [1.807, 2.05) is 0 Å². The molecule has 1 saturated heterocycles. The molecule has 0 aromatic rings. The van der Waals surface area contributed by atoms with E-state index in [9.17, 15) is 14.7 Å². The molecule has 2 unspecified atom stereocenters. The van der Waals surface area contributed by atoms with Crippen molar-refractivity contribution in [2.75, 3.05) is 13.1 Å². The quantitative estimate of drug-likeness (QED) is 0.834. The van der Waals surface area contributed by atoms with E-state index in [0.29, 0.717) is 13.0 Å². The highest BCUT2D eigenvalue weighted by Gasteiger charge is 2.30. The molecule has 1 rings (SSSR count). The number of ether oxygens (including phenoxy) is 1. The van der Waals surface area contributed by atoms with Crippen molar-refractivity contribution in [3.63, 3.8) is 0 Å². The largest absolute Gasteiger partial charge is 0.444 e. The molecule has 1 aliphatic heterocycles. The third kappa shape index (κ3) is 5.59. The molecule has 1 N–H and O–H groups in total. The summed E-state index contributed by atoms with van der Waals surface area (Å²) in [6.07, 6.45) is 1.05. The molecule has 5 nitrogen and oxygen atoms in total. The lowest BCUT2D eigenvalue weighted by Crippen LogP contribution is -2.40. The number of nitrogens with zero attached hydrogens (tertiary/aromatic N) is 1. The zero-order chi connectivity index (χ0) is 14.6. The number of aliphatic hydroxyl groups is 1. The van der Waals surface area contributed by atoms with Gasteiger partial charge in [0.2, 0.25) is 0 Å². The predicted molar refractivity (Wildman–Crippen MR) is 71.8 cm³/mol. The van der Waals surface area contributed by atoms with Gasteiger partial charge in [0, 0.05) is 12.5 Å². The van der Waals surface area contributed by atoms with Crippen LogP contribution in [0.1, 0.15) is 47.0 Å². The van der Waals surface area contributed by atoms with Crippen LogP contribution in [0.3, 0.4) is 0 Å². The van der Waals surface area contributed by atoms with Crippen LogP contribution in [0.5, 0.6) is 0 Å². The van der Waals surface area contributed by atoms with E-state index in [-0.39, 0.29) is 18.2 Å². The van der Waals surface area contributed by atoms with E-state index in [0.717, 1.165) is 12.8 Å². The van der Waals surface area contributed by atoms with E-state index in [2.05, 4.69) is 0 Å². The SMILES string of the molecule is CC(O)CC1CCCN(C(=O)OC(C)(C)C)CC1=O. The van der Waals surface area contributed by atoms with Gasteiger partial charge >= 0.3 is 6.09 Å². The number of ketones is 1. The first-order chi connectivity index (χ1) is 8.69. The maximum Gasteiger partial charge on any atom is 0.410 e. The molecule has 1 aliphatic rings. The number of carbonyl (C=O) groups is 2. The number of rotatable bonds is 2. The van der Waals surface area contributed by atoms with Crippen molar-refractivity contribution < 1.29 is 19.4 Å². The number of hydrogen-bond donors (Lipinski definition) is 1. The van der Waals surface area contributed by atoms with Crippen molar-refractivity contribution >= 4 is 11.9 Å². The highest BCUT2D eigenvalue weighted by atomic mass is 16.6. The number of Topliss-reactive ketones (excluding diaryl/α,β-unsaturated/α-hetero) is 1. The smallest absolute Gasteiger partial charge is 0.410 e. The number of likely N-dealkylation sites (tertiary alicyclic amines) is 1. The second-order valence-corrected chi connectivity index (χ2v) is 6.29. The first-order valence-corrected chi connectivity index (χ1v) is 6.88. The van der Waals surface area contributed by atoms with Crippen LogP contribution in [0.2, 0.25) is 0 Å². The molecule has 1 amide bonds. The van der Waals surface area contributed by atoms with E-state index in [4.69, 9.17) is 4.74 Å². The average Bonchev–Trinajstić information content (AvgIpc) is 2.38. The topological polar surface area (TPSA) is 66.8 Å². The van der Waals surface area contributed by atoms with Crippen molar-refractivity contribution in [3.8, 4) is 0 Å². The van der Waals surface area contributed by atoms with Crippen LogP contribution < -0.4 is 0 Å². The van der Waals surface area contributed by atoms with Gasteiger partial charge in [-0.1, -0.05) is 0 Å². The van der Waals surface area contributed by atoms with Gasteiger partial charge < -0.3 is 14.7 Å². The van der Waals surface area contributed by atoms with Crippen LogP contribution in [-0.2, 0) is 9.53 Å². The Balaban J connectivity index is 2.61. The summed E-state index contributed by atoms with van der Waals surface area (Å²) in [7, 11) is 0. The molecule has 1 fully saturated rings. The Labute approximate surface area is 114 Å². The van der Waals surface area contributed by atoms with Gasteiger partial charge in [-0.05, 0) is 47.0 Å². The van der Waals surface area contributed by atoms with Gasteiger partial charge in [-0.25, -0.2) is 4.79 Å². The summed E-state index contributed by atoms with van der Waals surface area (Å²) in [4.78, 5) is 25.5. The monoisotopic (exact) mass is 271 g/mol. The highest BCUT2D eigenvalue weighted by Crippen LogP contribution is 2.21. The number of aliphatic hydroxyl groups excluding tert-OH is 1. The van der Waals surface area contributed by atoms with Crippen LogP contribution in [0.25, 0.3) is 0 Å². The lowest BCUT2D eigenvalue weighted by atomic mass is 9.93. The number of carbonyl (C=O) groups excluding carboxylic acids is 2. The van der Waals surface area contributed by atoms with Crippen LogP contribution in [0.15, 0.2) is 0 Å². The van der Waals surface area contributed by atoms with Crippen molar-refractivity contribution in [3.05, 3.63) is 0 Å². The van der Waals surface area contributed by atoms with Crippen LogP contribution in [-0.4, -0.2) is 46.7 Å². The van der Waals surface area contributed by atoms with Gasteiger partial charge in [0.25, 0.3) is 0 Å². The average molecular weight is 271 g/mol. The van der Waals surface area contributed by atoms with Crippen molar-refractivity contribution in [1.82, 2.24) is 4.90 Å². The Bertz CT molecular complexity index is 333. The van der Waals surface area contributed by atoms with Crippen LogP contribution >= 0.6 is 0 Å². The molecule has 0 bridgehead atoms. The molecule has 1 heterocycles. The third-order valence-electron chi connectivity index (χ3n) is 3.06. The van der Waals surface area contributed by atoms with Crippen molar-refractivity contribution in [1.29, 1.82) is 0 Å². The molecule has 0 aromatic carbocycles. The lowest BCUT2D eigenvalue weighted by molar-refractivity contribution is -0.124. The Kier molecular flexibility index (Phi) is 5.35. The summed E-state index contributed by atoms with van der Waals surface area (Å²) in [5, 5.41) is 9.38. The molecule has 110 valence electrons. The first-order valence-electron chi connectivity index (χ1n) is 6.88. The first kappa shape index (κ1) is 16.0. The zero-order valence-electron chi connectivity index (χ0n) is 12.3. The summed E-state index contributed by atoms with van der Waals surface area (Å²) in [6.45, 7) is 7.73. The van der Waals surface area contributed by atoms with Gasteiger partial charge in [-0.15, -0.1) is 0 Å². The molecule has 0 radical (unpaired) electrons. The van der Waals surface area contributed by atoms with E-state index >= 15 is 0 Å². The van der Waals surface area contributed by atoms with Gasteiger partial charge in [0.05, 0.1) is 12.6 Å². The molecular formula is C14H25NO4. The van der Waals surface area contributed by atoms with Gasteiger partial charge in [-0.3, -0.25) is 4.79 Å². The molecular weight excluding hydrogens is 246 g/mol. The molecule has 2 atom stereocenters. The van der Waals surface area contributed by atoms with E-state index < -0.39 is 17.8 Å². The van der Waals surface area contributed by atoms with Crippen LogP contribution in [0.4, 0.5) is 4.79 Å². The maximum atomic E-state index is 12.1. The fourth-order valence-electron chi connectivity index (χ4n) is 2.23. The van der Waals surface area contributed by atoms with Gasteiger partial charge in [-0.2, -0.15) is 0 Å². The summed E-state index contributed by atoms with van der Waals surface area (Å²) < 4.78 is 5.28. The van der Waals surface area contributed by atoms with Crippen molar-refractivity contribution in [2.24, 2.45) is 5.92 Å². The second kappa shape index (κ2) is 6.37. The Morgan fingerprint density at radius 2 is 2.16 bits per heavy atom. The fourth-order valence-corrected chi connectivity index (χ4v) is 2.23. The lowest BCUT2D eigenvalue weighted by Gasteiger charge is -2.26. The summed E-state index contributed by atoms with van der Waals surface area (Å²) in [6, 6.07) is 0. The molecule has 19 heavy (non-hydrogen) atoms. The zero-order valence-corrected chi connectivity index (χ0v) is 12.3. The summed E-state index contributed by atoms with van der Waals surface area (Å²) >= 11 is 0. The van der Waals surface area contributed by atoms with E-state index in [1.54, 1.807) is 27.7 Å². The minimum Gasteiger partial charge on any atom is -0.444 e. The Morgan fingerprint density at radius 1 is 1.53 bits per heavy atom. The minimum absolute atomic E-state index is 0.0178. The molecule has 0 spiro atoms. The standard InChI is InChI=1S/C14H25NO4/c1-10(16)8-11-6-5-7-15(9-12(11)17)13(18)19-14(2,3)4/h10-11,16H,5-9H2,1-4H3. The Hall–Kier alpha value is -1.10. The molecule has 0 saturated carbocycles. The Morgan fingerprint density at radius 3 is 2.68 bits per heavy atom. The normalized spacial score (nSPS) is 22.9. The minimum atomic E-state index is -0.550. The summed E-state index contributed by atoms with van der Waals surface area (Å²) in [5.41, 5.74) is -0.550. The molecule has 0 aliphatic carbocycles. The van der Waals surface area contributed by atoms with Crippen LogP contribution in [0, 0.1) is 5.92 Å². The second-order valence-electron chi connectivity index (χ2n) is 6.29. The predicted octanol–water partition coefficient (Wildman–Crippen LogP) is 1.97. The van der Waals surface area contributed by atoms with Gasteiger partial charge in [0.1, 0.15) is 5.60 Å². The third-order valence-corrected chi connectivity index (χ3v) is 3.06. The number of amides is 1. The molecule has 0 aromatic heterocycles. The highest BCUT2D eigenvalue weighted by molar-refractivity contribution is 5.86. The van der Waals surface area contributed by atoms with E-state index in [1.165, 1.54) is 4.90 Å². The molecule has 5 heteroatoms. The summed E-state index contributed by atoms with van der Waals surface area (Å²) in [5.74, 6) is -0.128. The number of hydrogen-bond acceptors (Lipinski definition) is 4.